The Kier molecular flexibility index (Phi) is 7.15. The maximum Gasteiger partial charge on any atom is 0.220 e. The van der Waals surface area contributed by atoms with Crippen LogP contribution < -0.4 is 5.32 Å². The van der Waals surface area contributed by atoms with Gasteiger partial charge in [-0.2, -0.15) is 11.8 Å². The Hall–Kier alpha value is -1.11. The zero-order valence-corrected chi connectivity index (χ0v) is 13.7. The monoisotopic (exact) mass is 326 g/mol. The lowest BCUT2D eigenvalue weighted by Gasteiger charge is -2.35. The smallest absolute Gasteiger partial charge is 0.220 e. The van der Waals surface area contributed by atoms with Gasteiger partial charge in [-0.25, -0.2) is 4.39 Å². The van der Waals surface area contributed by atoms with Crippen molar-refractivity contribution in [2.24, 2.45) is 0 Å². The van der Waals surface area contributed by atoms with E-state index in [2.05, 4.69) is 10.2 Å². The molecule has 0 aliphatic carbocycles. The Bertz CT molecular complexity index is 481. The van der Waals surface area contributed by atoms with Crippen molar-refractivity contribution >= 4 is 17.7 Å². The van der Waals surface area contributed by atoms with E-state index in [-0.39, 0.29) is 17.8 Å². The van der Waals surface area contributed by atoms with Crippen LogP contribution in [0.25, 0.3) is 0 Å². The summed E-state index contributed by atoms with van der Waals surface area (Å²) in [4.78, 5) is 14.1. The number of thioether (sulfide) groups is 1. The van der Waals surface area contributed by atoms with Gasteiger partial charge in [-0.05, 0) is 24.0 Å². The minimum Gasteiger partial charge on any atom is -0.379 e. The Morgan fingerprint density at radius 3 is 2.91 bits per heavy atom. The number of hydrogen-bond donors (Lipinski definition) is 1. The first-order chi connectivity index (χ1) is 10.7. The van der Waals surface area contributed by atoms with E-state index in [0.29, 0.717) is 26.2 Å². The van der Waals surface area contributed by atoms with Crippen molar-refractivity contribution in [3.8, 4) is 0 Å². The molecule has 1 aliphatic heterocycles. The van der Waals surface area contributed by atoms with Crippen LogP contribution in [-0.4, -0.2) is 55.7 Å². The molecular weight excluding hydrogens is 303 g/mol. The second-order valence-electron chi connectivity index (χ2n) is 5.27. The highest BCUT2D eigenvalue weighted by atomic mass is 32.2. The van der Waals surface area contributed by atoms with Crippen LogP contribution >= 0.6 is 11.8 Å². The lowest BCUT2D eigenvalue weighted by molar-refractivity contribution is -0.121. The summed E-state index contributed by atoms with van der Waals surface area (Å²) in [5, 5.41) is 2.98. The Morgan fingerprint density at radius 2 is 2.23 bits per heavy atom. The van der Waals surface area contributed by atoms with Gasteiger partial charge in [0, 0.05) is 31.8 Å². The van der Waals surface area contributed by atoms with Gasteiger partial charge in [0.25, 0.3) is 0 Å². The lowest BCUT2D eigenvalue weighted by atomic mass is 10.0. The van der Waals surface area contributed by atoms with E-state index in [0.717, 1.165) is 24.4 Å². The molecule has 1 unspecified atom stereocenters. The maximum atomic E-state index is 13.5. The number of morpholine rings is 1. The average Bonchev–Trinajstić information content (AvgIpc) is 2.54. The zero-order valence-electron chi connectivity index (χ0n) is 12.9. The highest BCUT2D eigenvalue weighted by Crippen LogP contribution is 2.22. The third-order valence-corrected chi connectivity index (χ3v) is 4.36. The molecule has 1 aromatic carbocycles. The van der Waals surface area contributed by atoms with Gasteiger partial charge in [-0.1, -0.05) is 12.1 Å². The van der Waals surface area contributed by atoms with Crippen LogP contribution in [0.3, 0.4) is 0 Å². The van der Waals surface area contributed by atoms with Crippen molar-refractivity contribution in [2.75, 3.05) is 44.9 Å². The molecule has 0 aromatic heterocycles. The fourth-order valence-electron chi connectivity index (χ4n) is 2.55. The van der Waals surface area contributed by atoms with Crippen molar-refractivity contribution in [3.05, 3.63) is 35.6 Å². The van der Waals surface area contributed by atoms with Crippen LogP contribution in [0.5, 0.6) is 0 Å². The van der Waals surface area contributed by atoms with Crippen LogP contribution in [-0.2, 0) is 9.53 Å². The second kappa shape index (κ2) is 9.12. The van der Waals surface area contributed by atoms with E-state index in [1.54, 1.807) is 23.9 Å². The number of nitrogens with one attached hydrogen (secondary N) is 1. The molecule has 0 radical (unpaired) electrons. The average molecular weight is 326 g/mol. The number of nitrogens with zero attached hydrogens (tertiary/aromatic N) is 1. The van der Waals surface area contributed by atoms with Gasteiger partial charge in [-0.3, -0.25) is 9.69 Å². The Morgan fingerprint density at radius 1 is 1.45 bits per heavy atom. The van der Waals surface area contributed by atoms with Crippen molar-refractivity contribution in [2.45, 2.75) is 12.5 Å². The van der Waals surface area contributed by atoms with Gasteiger partial charge in [0.05, 0.1) is 19.3 Å². The van der Waals surface area contributed by atoms with Crippen LogP contribution in [0.2, 0.25) is 0 Å². The molecule has 0 saturated carbocycles. The summed E-state index contributed by atoms with van der Waals surface area (Å²) in [7, 11) is 0. The SMILES string of the molecule is CSCCC(=O)NCC(c1cccc(F)c1)N1CCOCC1. The fourth-order valence-corrected chi connectivity index (χ4v) is 2.94. The topological polar surface area (TPSA) is 41.6 Å². The molecule has 6 heteroatoms. The Labute approximate surface area is 135 Å². The minimum absolute atomic E-state index is 0.0159. The molecule has 2 rings (SSSR count). The summed E-state index contributed by atoms with van der Waals surface area (Å²) >= 11 is 1.65. The molecule has 22 heavy (non-hydrogen) atoms. The van der Waals surface area contributed by atoms with Crippen LogP contribution in [0.1, 0.15) is 18.0 Å². The molecule has 0 bridgehead atoms. The third-order valence-electron chi connectivity index (χ3n) is 3.75. The van der Waals surface area contributed by atoms with Gasteiger partial charge < -0.3 is 10.1 Å². The third kappa shape index (κ3) is 5.26. The van der Waals surface area contributed by atoms with Crippen LogP contribution in [0, 0.1) is 5.82 Å². The standard InChI is InChI=1S/C16H23FN2O2S/c1-22-10-5-16(20)18-12-15(19-6-8-21-9-7-19)13-3-2-4-14(17)11-13/h2-4,11,15H,5-10,12H2,1H3,(H,18,20). The van der Waals surface area contributed by atoms with Gasteiger partial charge >= 0.3 is 0 Å². The first-order valence-electron chi connectivity index (χ1n) is 7.53. The van der Waals surface area contributed by atoms with E-state index in [9.17, 15) is 9.18 Å². The molecule has 4 nitrogen and oxygen atoms in total. The second-order valence-corrected chi connectivity index (χ2v) is 6.25. The molecule has 1 saturated heterocycles. The van der Waals surface area contributed by atoms with E-state index in [1.807, 2.05) is 12.3 Å². The first-order valence-corrected chi connectivity index (χ1v) is 8.93. The van der Waals surface area contributed by atoms with Gasteiger partial charge in [-0.15, -0.1) is 0 Å². The molecule has 1 atom stereocenters. The van der Waals surface area contributed by atoms with Gasteiger partial charge in [0.1, 0.15) is 5.82 Å². The number of carbonyl (C=O) groups is 1. The molecule has 0 spiro atoms. The maximum absolute atomic E-state index is 13.5. The number of benzene rings is 1. The number of ether oxygens (including phenoxy) is 1. The highest BCUT2D eigenvalue weighted by molar-refractivity contribution is 7.98. The molecular formula is C16H23FN2O2S. The number of rotatable bonds is 7. The van der Waals surface area contributed by atoms with Crippen molar-refractivity contribution in [3.63, 3.8) is 0 Å². The van der Waals surface area contributed by atoms with E-state index in [4.69, 9.17) is 4.74 Å². The van der Waals surface area contributed by atoms with Crippen molar-refractivity contribution < 1.29 is 13.9 Å². The molecule has 1 N–H and O–H groups in total. The molecule has 1 fully saturated rings. The summed E-state index contributed by atoms with van der Waals surface area (Å²) in [5.41, 5.74) is 0.895. The molecule has 1 aliphatic rings. The number of carbonyl (C=O) groups excluding carboxylic acids is 1. The Balaban J connectivity index is 2.03. The number of halogens is 1. The summed E-state index contributed by atoms with van der Waals surface area (Å²) in [6.45, 7) is 3.43. The summed E-state index contributed by atoms with van der Waals surface area (Å²) in [6, 6.07) is 6.61. The first kappa shape index (κ1) is 17.2. The number of amides is 1. The molecule has 1 aromatic rings. The van der Waals surface area contributed by atoms with Gasteiger partial charge in [0.2, 0.25) is 5.91 Å². The molecule has 122 valence electrons. The van der Waals surface area contributed by atoms with Crippen LogP contribution in [0.4, 0.5) is 4.39 Å². The van der Waals surface area contributed by atoms with Crippen LogP contribution in [0.15, 0.2) is 24.3 Å². The van der Waals surface area contributed by atoms with E-state index < -0.39 is 0 Å². The van der Waals surface area contributed by atoms with Gasteiger partial charge in [0.15, 0.2) is 0 Å². The highest BCUT2D eigenvalue weighted by Gasteiger charge is 2.23. The van der Waals surface area contributed by atoms with E-state index >= 15 is 0 Å². The lowest BCUT2D eigenvalue weighted by Crippen LogP contribution is -2.43. The number of hydrogen-bond acceptors (Lipinski definition) is 4. The predicted molar refractivity (Wildman–Crippen MR) is 87.5 cm³/mol. The normalized spacial score (nSPS) is 17.2. The molecule has 1 heterocycles. The summed E-state index contributed by atoms with van der Waals surface area (Å²) < 4.78 is 18.9. The van der Waals surface area contributed by atoms with Crippen molar-refractivity contribution in [1.82, 2.24) is 10.2 Å². The predicted octanol–water partition coefficient (Wildman–Crippen LogP) is 2.07. The van der Waals surface area contributed by atoms with Crippen molar-refractivity contribution in [1.29, 1.82) is 0 Å². The zero-order chi connectivity index (χ0) is 15.8. The fraction of sp³-hybridized carbons (Fsp3) is 0.562. The van der Waals surface area contributed by atoms with E-state index in [1.165, 1.54) is 6.07 Å². The molecule has 1 amide bonds. The minimum atomic E-state index is -0.246. The largest absolute Gasteiger partial charge is 0.379 e. The quantitative estimate of drug-likeness (QED) is 0.833. The summed E-state index contributed by atoms with van der Waals surface area (Å²) in [5.74, 6) is 0.613. The summed E-state index contributed by atoms with van der Waals surface area (Å²) in [6.07, 6.45) is 2.50.